The van der Waals surface area contributed by atoms with E-state index in [0.29, 0.717) is 5.92 Å². The van der Waals surface area contributed by atoms with Gasteiger partial charge in [-0.3, -0.25) is 14.4 Å². The van der Waals surface area contributed by atoms with Crippen LogP contribution in [0.3, 0.4) is 0 Å². The number of benzene rings is 1. The number of methoxy groups -OCH3 is 1. The molecule has 0 radical (unpaired) electrons. The highest BCUT2D eigenvalue weighted by molar-refractivity contribution is 6.44. The maximum Gasteiger partial charge on any atom is 0.870 e. The van der Waals surface area contributed by atoms with Crippen LogP contribution in [-0.4, -0.2) is 67.7 Å². The van der Waals surface area contributed by atoms with Crippen molar-refractivity contribution in [1.82, 2.24) is 15.2 Å². The van der Waals surface area contributed by atoms with Crippen molar-refractivity contribution in [2.45, 2.75) is 78.5 Å². The van der Waals surface area contributed by atoms with Gasteiger partial charge < -0.3 is 38.6 Å². The standard InChI is InChI=1S/C18H17BFNO8.C11H22N2O2/c1-9(22)27-19(28-10(2)23)29-18(25)13-8-21(11-4-5-11)15-12(16(13)24)6-7-14(20)17(15)26-3;1-8-5-9(7-12-6-8)13-10(14)15-11(2,3)4/h6-8,11H,4-5H2,1-3H3;8-9,12H,5-7H2,1-4H3,(H,13,14)/t;8-,9-/m.0/s1. The van der Waals surface area contributed by atoms with E-state index in [0.717, 1.165) is 52.3 Å². The highest BCUT2D eigenvalue weighted by Gasteiger charge is 2.37. The second-order valence-corrected chi connectivity index (χ2v) is 11.7. The third-order valence-corrected chi connectivity index (χ3v) is 6.48. The number of rotatable bonds is 7. The number of nitrogens with zero attached hydrogens (tertiary/aromatic N) is 1. The summed E-state index contributed by atoms with van der Waals surface area (Å²) in [6.07, 6.45) is 3.49. The highest BCUT2D eigenvalue weighted by Crippen LogP contribution is 2.40. The molecule has 15 heteroatoms. The Hall–Kier alpha value is -4.14. The fourth-order valence-electron chi connectivity index (χ4n) is 4.61. The van der Waals surface area contributed by atoms with Gasteiger partial charge in [0.25, 0.3) is 11.9 Å². The van der Waals surface area contributed by atoms with Gasteiger partial charge in [0.2, 0.25) is 5.43 Å². The summed E-state index contributed by atoms with van der Waals surface area (Å²) in [6.45, 7) is 11.7. The second kappa shape index (κ2) is 14.6. The number of ether oxygens (including phenoxy) is 2. The smallest absolute Gasteiger partial charge is 0.492 e. The molecule has 0 bridgehead atoms. The number of hydrogen-bond acceptors (Lipinski definition) is 11. The van der Waals surface area contributed by atoms with E-state index in [9.17, 15) is 28.4 Å². The van der Waals surface area contributed by atoms with Gasteiger partial charge in [-0.2, -0.15) is 0 Å². The van der Waals surface area contributed by atoms with E-state index in [1.165, 1.54) is 19.4 Å². The van der Waals surface area contributed by atoms with Crippen LogP contribution in [0.2, 0.25) is 0 Å². The third kappa shape index (κ3) is 9.69. The summed E-state index contributed by atoms with van der Waals surface area (Å²) in [5.74, 6) is -3.03. The fraction of sp³-hybridized carbons (Fsp3) is 0.552. The Bertz CT molecular complexity index is 1440. The molecule has 2 fully saturated rings. The summed E-state index contributed by atoms with van der Waals surface area (Å²) in [4.78, 5) is 59.2. The molecule has 2 N–H and O–H groups in total. The maximum absolute atomic E-state index is 14.2. The molecule has 2 heterocycles. The van der Waals surface area contributed by atoms with Crippen molar-refractivity contribution < 1.29 is 47.0 Å². The summed E-state index contributed by atoms with van der Waals surface area (Å²) < 4.78 is 40.2. The number of aromatic nitrogens is 1. The zero-order chi connectivity index (χ0) is 32.8. The van der Waals surface area contributed by atoms with Crippen molar-refractivity contribution in [3.05, 3.63) is 39.9 Å². The average Bonchev–Trinajstić information content (AvgIpc) is 3.73. The first-order valence-corrected chi connectivity index (χ1v) is 14.3. The molecule has 1 saturated carbocycles. The number of halogens is 1. The number of nitrogens with one attached hydrogen (secondary N) is 2. The van der Waals surface area contributed by atoms with E-state index in [4.69, 9.17) is 14.1 Å². The van der Waals surface area contributed by atoms with Crippen LogP contribution in [0.5, 0.6) is 5.75 Å². The Morgan fingerprint density at radius 1 is 1.05 bits per heavy atom. The van der Waals surface area contributed by atoms with Crippen molar-refractivity contribution in [3.63, 3.8) is 0 Å². The number of amides is 1. The topological polar surface area (TPSA) is 160 Å². The molecule has 4 rings (SSSR count). The van der Waals surface area contributed by atoms with Crippen LogP contribution < -0.4 is 20.8 Å². The number of piperidine rings is 1. The Morgan fingerprint density at radius 2 is 1.68 bits per heavy atom. The van der Waals surface area contributed by atoms with Gasteiger partial charge in [0.15, 0.2) is 11.6 Å². The van der Waals surface area contributed by atoms with Gasteiger partial charge in [-0.25, -0.2) is 14.0 Å². The average molecular weight is 619 g/mol. The molecule has 2 atom stereocenters. The molecule has 13 nitrogen and oxygen atoms in total. The Balaban J connectivity index is 0.000000297. The third-order valence-electron chi connectivity index (χ3n) is 6.48. The van der Waals surface area contributed by atoms with E-state index in [-0.39, 0.29) is 40.4 Å². The summed E-state index contributed by atoms with van der Waals surface area (Å²) in [5.41, 5.74) is -1.31. The number of carbonyl (C=O) groups excluding carboxylic acids is 4. The minimum Gasteiger partial charge on any atom is -0.492 e. The molecule has 1 aliphatic carbocycles. The molecule has 44 heavy (non-hydrogen) atoms. The van der Waals surface area contributed by atoms with Crippen LogP contribution in [0.25, 0.3) is 10.9 Å². The van der Waals surface area contributed by atoms with Crippen LogP contribution in [0.15, 0.2) is 23.1 Å². The normalized spacial score (nSPS) is 17.8. The molecular weight excluding hydrogens is 580 g/mol. The predicted octanol–water partition coefficient (Wildman–Crippen LogP) is 3.26. The number of alkyl carbamates (subject to hydrolysis) is 1. The lowest BCUT2D eigenvalue weighted by Gasteiger charge is -2.29. The Labute approximate surface area is 254 Å². The van der Waals surface area contributed by atoms with Crippen LogP contribution >= 0.6 is 0 Å². The lowest BCUT2D eigenvalue weighted by Crippen LogP contribution is -2.49. The summed E-state index contributed by atoms with van der Waals surface area (Å²) >= 11 is 0. The van der Waals surface area contributed by atoms with Crippen LogP contribution in [0, 0.1) is 11.7 Å². The molecular formula is C29H39BFN3O10. The monoisotopic (exact) mass is 619 g/mol. The SMILES string of the molecule is COc1c(F)ccc2c(=O)c(C(=O)OB(OC(C)=O)OC(C)=O)cn(C3CC3)c12.C[C@@H]1CNC[C@@H](NC(=O)OC(C)(C)C)C1. The Morgan fingerprint density at radius 3 is 2.20 bits per heavy atom. The zero-order valence-electron chi connectivity index (χ0n) is 26.0. The van der Waals surface area contributed by atoms with Gasteiger partial charge in [-0.15, -0.1) is 0 Å². The van der Waals surface area contributed by atoms with Crippen molar-refractivity contribution in [3.8, 4) is 5.75 Å². The van der Waals surface area contributed by atoms with E-state index in [2.05, 4.69) is 26.9 Å². The van der Waals surface area contributed by atoms with Gasteiger partial charge in [-0.1, -0.05) is 6.92 Å². The van der Waals surface area contributed by atoms with Crippen molar-refractivity contribution in [2.75, 3.05) is 20.2 Å². The largest absolute Gasteiger partial charge is 0.870 e. The lowest BCUT2D eigenvalue weighted by atomic mass is 9.98. The minimum atomic E-state index is -1.94. The maximum atomic E-state index is 14.2. The molecule has 1 amide bonds. The molecule has 2 aliphatic rings. The molecule has 1 aromatic carbocycles. The number of carbonyl (C=O) groups is 4. The van der Waals surface area contributed by atoms with Crippen molar-refractivity contribution >= 4 is 42.2 Å². The first-order chi connectivity index (χ1) is 20.6. The molecule has 0 unspecified atom stereocenters. The van der Waals surface area contributed by atoms with Crippen molar-refractivity contribution in [1.29, 1.82) is 0 Å². The lowest BCUT2D eigenvalue weighted by molar-refractivity contribution is -0.139. The predicted molar refractivity (Wildman–Crippen MR) is 157 cm³/mol. The molecule has 1 aliphatic heterocycles. The van der Waals surface area contributed by atoms with Gasteiger partial charge in [-0.05, 0) is 64.6 Å². The first kappa shape index (κ1) is 34.4. The van der Waals surface area contributed by atoms with Gasteiger partial charge in [0.1, 0.15) is 11.2 Å². The summed E-state index contributed by atoms with van der Waals surface area (Å²) in [5, 5.41) is 6.22. The van der Waals surface area contributed by atoms with E-state index in [1.54, 1.807) is 4.57 Å². The highest BCUT2D eigenvalue weighted by atomic mass is 19.1. The van der Waals surface area contributed by atoms with Crippen LogP contribution in [-0.2, 0) is 28.3 Å². The minimum absolute atomic E-state index is 0.0434. The molecule has 240 valence electrons. The second-order valence-electron chi connectivity index (χ2n) is 11.7. The van der Waals surface area contributed by atoms with Crippen LogP contribution in [0.1, 0.15) is 77.2 Å². The quantitative estimate of drug-likeness (QED) is 0.438. The van der Waals surface area contributed by atoms with Crippen LogP contribution in [0.4, 0.5) is 9.18 Å². The first-order valence-electron chi connectivity index (χ1n) is 14.3. The molecule has 1 aromatic heterocycles. The van der Waals surface area contributed by atoms with E-state index >= 15 is 0 Å². The van der Waals surface area contributed by atoms with E-state index in [1.807, 2.05) is 20.8 Å². The Kier molecular flexibility index (Phi) is 11.4. The number of hydrogen-bond donors (Lipinski definition) is 2. The number of fused-ring (bicyclic) bond motifs is 1. The van der Waals surface area contributed by atoms with Crippen molar-refractivity contribution in [2.24, 2.45) is 5.92 Å². The summed E-state index contributed by atoms with van der Waals surface area (Å²) in [6, 6.07) is 2.47. The van der Waals surface area contributed by atoms with Gasteiger partial charge in [0, 0.05) is 38.7 Å². The van der Waals surface area contributed by atoms with Gasteiger partial charge in [0.05, 0.1) is 18.0 Å². The zero-order valence-corrected chi connectivity index (χ0v) is 26.0. The summed E-state index contributed by atoms with van der Waals surface area (Å²) in [7, 11) is -0.658. The molecule has 0 spiro atoms. The van der Waals surface area contributed by atoms with E-state index < -0.39 is 42.1 Å². The van der Waals surface area contributed by atoms with Gasteiger partial charge >= 0.3 is 19.4 Å². The molecule has 2 aromatic rings. The molecule has 1 saturated heterocycles. The fourth-order valence-corrected chi connectivity index (χ4v) is 4.61. The number of pyridine rings is 1.